The highest BCUT2D eigenvalue weighted by molar-refractivity contribution is 6.31. The Balaban J connectivity index is 2.28. The van der Waals surface area contributed by atoms with E-state index in [0.29, 0.717) is 5.02 Å². The lowest BCUT2D eigenvalue weighted by molar-refractivity contribution is -0.119. The maximum atomic E-state index is 11.7. The highest BCUT2D eigenvalue weighted by Crippen LogP contribution is 2.16. The molecular weight excluding hydrogens is 250 g/mol. The van der Waals surface area contributed by atoms with Crippen molar-refractivity contribution in [1.29, 1.82) is 0 Å². The Kier molecular flexibility index (Phi) is 6.08. The number of carbonyl (C=O) groups is 1. The van der Waals surface area contributed by atoms with Gasteiger partial charge in [0.1, 0.15) is 12.4 Å². The van der Waals surface area contributed by atoms with Crippen LogP contribution in [0.3, 0.4) is 0 Å². The maximum Gasteiger partial charge on any atom is 0.261 e. The number of alkyl halides is 2. The van der Waals surface area contributed by atoms with Crippen molar-refractivity contribution in [3.05, 3.63) is 34.9 Å². The molecule has 17 heavy (non-hydrogen) atoms. The Morgan fingerprint density at radius 2 is 2.06 bits per heavy atom. The molecular formula is C12H13ClF2O2. The Morgan fingerprint density at radius 1 is 1.35 bits per heavy atom. The SMILES string of the molecule is O=C(CCOCC(F)F)Cc1ccccc1Cl. The summed E-state index contributed by atoms with van der Waals surface area (Å²) in [5.41, 5.74) is 0.744. The van der Waals surface area contributed by atoms with E-state index in [9.17, 15) is 13.6 Å². The summed E-state index contributed by atoms with van der Waals surface area (Å²) < 4.78 is 28.1. The van der Waals surface area contributed by atoms with Crippen molar-refractivity contribution in [3.63, 3.8) is 0 Å². The normalized spacial score (nSPS) is 10.8. The molecule has 0 N–H and O–H groups in total. The fourth-order valence-electron chi connectivity index (χ4n) is 1.30. The van der Waals surface area contributed by atoms with Gasteiger partial charge in [0.25, 0.3) is 6.43 Å². The van der Waals surface area contributed by atoms with Crippen LogP contribution in [0, 0.1) is 0 Å². The maximum absolute atomic E-state index is 11.7. The summed E-state index contributed by atoms with van der Waals surface area (Å²) in [6.07, 6.45) is -2.16. The monoisotopic (exact) mass is 262 g/mol. The lowest BCUT2D eigenvalue weighted by atomic mass is 10.1. The molecule has 0 aliphatic heterocycles. The molecule has 0 saturated carbocycles. The topological polar surface area (TPSA) is 26.3 Å². The molecule has 0 fully saturated rings. The number of hydrogen-bond acceptors (Lipinski definition) is 2. The number of ketones is 1. The van der Waals surface area contributed by atoms with E-state index in [1.54, 1.807) is 24.3 Å². The van der Waals surface area contributed by atoms with Gasteiger partial charge in [-0.1, -0.05) is 29.8 Å². The van der Waals surface area contributed by atoms with Crippen molar-refractivity contribution in [2.24, 2.45) is 0 Å². The van der Waals surface area contributed by atoms with Crippen molar-refractivity contribution in [2.45, 2.75) is 19.3 Å². The van der Waals surface area contributed by atoms with Crippen LogP contribution in [0.5, 0.6) is 0 Å². The Hall–Kier alpha value is -1.00. The molecule has 1 aromatic carbocycles. The van der Waals surface area contributed by atoms with Crippen LogP contribution in [-0.2, 0) is 16.0 Å². The zero-order valence-corrected chi connectivity index (χ0v) is 9.92. The van der Waals surface area contributed by atoms with Crippen LogP contribution in [0.25, 0.3) is 0 Å². The molecule has 0 bridgehead atoms. The van der Waals surface area contributed by atoms with Gasteiger partial charge in [-0.25, -0.2) is 8.78 Å². The van der Waals surface area contributed by atoms with Crippen LogP contribution in [0.15, 0.2) is 24.3 Å². The van der Waals surface area contributed by atoms with Gasteiger partial charge in [-0.15, -0.1) is 0 Å². The largest absolute Gasteiger partial charge is 0.375 e. The minimum Gasteiger partial charge on any atom is -0.375 e. The summed E-state index contributed by atoms with van der Waals surface area (Å²) >= 11 is 5.89. The van der Waals surface area contributed by atoms with E-state index >= 15 is 0 Å². The van der Waals surface area contributed by atoms with Crippen molar-refractivity contribution < 1.29 is 18.3 Å². The zero-order valence-electron chi connectivity index (χ0n) is 9.17. The fraction of sp³-hybridized carbons (Fsp3) is 0.417. The van der Waals surface area contributed by atoms with Gasteiger partial charge in [0.15, 0.2) is 0 Å². The first-order valence-corrected chi connectivity index (χ1v) is 5.58. The highest BCUT2D eigenvalue weighted by atomic mass is 35.5. The van der Waals surface area contributed by atoms with Gasteiger partial charge >= 0.3 is 0 Å². The number of ether oxygens (including phenoxy) is 1. The van der Waals surface area contributed by atoms with Gasteiger partial charge in [-0.3, -0.25) is 4.79 Å². The van der Waals surface area contributed by atoms with Crippen LogP contribution in [0.4, 0.5) is 8.78 Å². The summed E-state index contributed by atoms with van der Waals surface area (Å²) in [7, 11) is 0. The van der Waals surface area contributed by atoms with E-state index in [1.165, 1.54) is 0 Å². The minimum atomic E-state index is -2.49. The van der Waals surface area contributed by atoms with Gasteiger partial charge in [-0.05, 0) is 11.6 Å². The second kappa shape index (κ2) is 7.35. The first-order chi connectivity index (χ1) is 8.09. The van der Waals surface area contributed by atoms with E-state index in [2.05, 4.69) is 4.74 Å². The second-order valence-corrected chi connectivity index (χ2v) is 3.93. The van der Waals surface area contributed by atoms with Crippen LogP contribution in [0.2, 0.25) is 5.02 Å². The Bertz CT molecular complexity index is 369. The van der Waals surface area contributed by atoms with E-state index in [0.717, 1.165) is 5.56 Å². The second-order valence-electron chi connectivity index (χ2n) is 3.52. The first-order valence-electron chi connectivity index (χ1n) is 5.20. The van der Waals surface area contributed by atoms with Crippen molar-refractivity contribution in [2.75, 3.05) is 13.2 Å². The molecule has 0 saturated heterocycles. The summed E-state index contributed by atoms with van der Waals surface area (Å²) in [6, 6.07) is 7.04. The lowest BCUT2D eigenvalue weighted by Crippen LogP contribution is -2.10. The van der Waals surface area contributed by atoms with Crippen LogP contribution in [0.1, 0.15) is 12.0 Å². The smallest absolute Gasteiger partial charge is 0.261 e. The molecule has 2 nitrogen and oxygen atoms in total. The number of Topliss-reactive ketones (excluding diaryl/α,β-unsaturated/α-hetero) is 1. The molecule has 5 heteroatoms. The third kappa shape index (κ3) is 5.75. The molecule has 0 unspecified atom stereocenters. The van der Waals surface area contributed by atoms with Crippen molar-refractivity contribution in [1.82, 2.24) is 0 Å². The fourth-order valence-corrected chi connectivity index (χ4v) is 1.50. The van der Waals surface area contributed by atoms with Gasteiger partial charge in [0.2, 0.25) is 0 Å². The molecule has 0 aliphatic carbocycles. The predicted octanol–water partition coefficient (Wildman–Crippen LogP) is 3.12. The molecule has 0 heterocycles. The number of hydrogen-bond donors (Lipinski definition) is 0. The molecule has 94 valence electrons. The van der Waals surface area contributed by atoms with E-state index in [-0.39, 0.29) is 25.2 Å². The Labute approximate surface area is 104 Å². The average Bonchev–Trinajstić information content (AvgIpc) is 2.27. The van der Waals surface area contributed by atoms with Gasteiger partial charge in [0, 0.05) is 17.9 Å². The molecule has 0 radical (unpaired) electrons. The highest BCUT2D eigenvalue weighted by Gasteiger charge is 2.08. The lowest BCUT2D eigenvalue weighted by Gasteiger charge is -2.04. The van der Waals surface area contributed by atoms with Crippen molar-refractivity contribution >= 4 is 17.4 Å². The number of rotatable bonds is 7. The van der Waals surface area contributed by atoms with E-state index < -0.39 is 13.0 Å². The van der Waals surface area contributed by atoms with E-state index in [1.807, 2.05) is 0 Å². The Morgan fingerprint density at radius 3 is 2.71 bits per heavy atom. The van der Waals surface area contributed by atoms with Crippen molar-refractivity contribution in [3.8, 4) is 0 Å². The quantitative estimate of drug-likeness (QED) is 0.706. The number of carbonyl (C=O) groups excluding carboxylic acids is 1. The van der Waals surface area contributed by atoms with E-state index in [4.69, 9.17) is 11.6 Å². The standard InChI is InChI=1S/C12H13ClF2O2/c13-11-4-2-1-3-9(11)7-10(16)5-6-17-8-12(14)15/h1-4,12H,5-8H2. The molecule has 0 amide bonds. The van der Waals surface area contributed by atoms with Crippen LogP contribution < -0.4 is 0 Å². The third-order valence-corrected chi connectivity index (χ3v) is 2.48. The summed E-state index contributed by atoms with van der Waals surface area (Å²) in [5, 5.41) is 0.536. The van der Waals surface area contributed by atoms with Gasteiger partial charge < -0.3 is 4.74 Å². The molecule has 1 aromatic rings. The summed E-state index contributed by atoms with van der Waals surface area (Å²) in [5.74, 6) is -0.0765. The average molecular weight is 263 g/mol. The van der Waals surface area contributed by atoms with Gasteiger partial charge in [-0.2, -0.15) is 0 Å². The minimum absolute atomic E-state index is 0.0215. The summed E-state index contributed by atoms with van der Waals surface area (Å²) in [6.45, 7) is -0.604. The number of benzene rings is 1. The van der Waals surface area contributed by atoms with Crippen LogP contribution >= 0.6 is 11.6 Å². The molecule has 0 aliphatic rings. The molecule has 0 atom stereocenters. The third-order valence-electron chi connectivity index (χ3n) is 2.11. The predicted molar refractivity (Wildman–Crippen MR) is 61.6 cm³/mol. The molecule has 0 aromatic heterocycles. The zero-order chi connectivity index (χ0) is 12.7. The molecule has 1 rings (SSSR count). The first kappa shape index (κ1) is 14.1. The summed E-state index contributed by atoms with van der Waals surface area (Å²) in [4.78, 5) is 11.5. The number of halogens is 3. The van der Waals surface area contributed by atoms with Gasteiger partial charge in [0.05, 0.1) is 6.61 Å². The van der Waals surface area contributed by atoms with Crippen LogP contribution in [-0.4, -0.2) is 25.4 Å². The molecule has 0 spiro atoms.